The number of esters is 1. The fourth-order valence-corrected chi connectivity index (χ4v) is 5.77. The Labute approximate surface area is 209 Å². The van der Waals surface area contributed by atoms with Gasteiger partial charge in [0.25, 0.3) is 10.0 Å². The van der Waals surface area contributed by atoms with Crippen molar-refractivity contribution < 1.29 is 22.4 Å². The smallest absolute Gasteiger partial charge is 0.342 e. The second-order valence-corrected chi connectivity index (χ2v) is 10.5. The number of carbonyl (C=O) groups is 1. The molecule has 4 aromatic carbocycles. The third-order valence-electron chi connectivity index (χ3n) is 6.17. The number of hydrogen-bond acceptors (Lipinski definition) is 5. The Balaban J connectivity index is 1.61. The lowest BCUT2D eigenvalue weighted by molar-refractivity contribution is 0.0472. The molecule has 7 heteroatoms. The van der Waals surface area contributed by atoms with Gasteiger partial charge in [-0.25, -0.2) is 13.2 Å². The highest BCUT2D eigenvalue weighted by Crippen LogP contribution is 2.38. The predicted molar refractivity (Wildman–Crippen MR) is 141 cm³/mol. The standard InChI is InChI=1S/C29H25NO5S/c1-18-13-14-19(2)26(15-18)36(32,33)30-25-16-24-27(29(31)34-17-21-9-5-4-6-10-21)20(3)35-28(24)23-12-8-7-11-22(23)25/h4-16,30H,17H2,1-3H3. The molecule has 6 nitrogen and oxygen atoms in total. The van der Waals surface area contributed by atoms with Crippen LogP contribution in [0.5, 0.6) is 0 Å². The monoisotopic (exact) mass is 499 g/mol. The summed E-state index contributed by atoms with van der Waals surface area (Å²) < 4.78 is 41.2. The predicted octanol–water partition coefficient (Wildman–Crippen LogP) is 6.67. The first-order chi connectivity index (χ1) is 17.2. The van der Waals surface area contributed by atoms with Crippen LogP contribution in [0.2, 0.25) is 0 Å². The van der Waals surface area contributed by atoms with Crippen molar-refractivity contribution >= 4 is 43.4 Å². The van der Waals surface area contributed by atoms with E-state index in [4.69, 9.17) is 9.15 Å². The van der Waals surface area contributed by atoms with Gasteiger partial charge < -0.3 is 9.15 Å². The number of rotatable bonds is 6. The summed E-state index contributed by atoms with van der Waals surface area (Å²) in [4.78, 5) is 13.3. The van der Waals surface area contributed by atoms with Crippen molar-refractivity contribution in [2.24, 2.45) is 0 Å². The van der Waals surface area contributed by atoms with E-state index in [-0.39, 0.29) is 17.1 Å². The molecule has 5 rings (SSSR count). The molecule has 0 radical (unpaired) electrons. The van der Waals surface area contributed by atoms with Crippen molar-refractivity contribution in [3.8, 4) is 0 Å². The number of carbonyl (C=O) groups excluding carboxylic acids is 1. The van der Waals surface area contributed by atoms with Crippen LogP contribution in [0.3, 0.4) is 0 Å². The van der Waals surface area contributed by atoms with Crippen LogP contribution in [0.4, 0.5) is 5.69 Å². The van der Waals surface area contributed by atoms with Gasteiger partial charge in [0.2, 0.25) is 0 Å². The third-order valence-corrected chi connectivity index (χ3v) is 7.67. The van der Waals surface area contributed by atoms with E-state index in [1.54, 1.807) is 32.0 Å². The van der Waals surface area contributed by atoms with E-state index < -0.39 is 16.0 Å². The Morgan fingerprint density at radius 3 is 2.31 bits per heavy atom. The molecule has 1 heterocycles. The summed E-state index contributed by atoms with van der Waals surface area (Å²) in [6.07, 6.45) is 0. The number of nitrogens with one attached hydrogen (secondary N) is 1. The van der Waals surface area contributed by atoms with Crippen molar-refractivity contribution in [2.45, 2.75) is 32.3 Å². The molecule has 0 saturated carbocycles. The third kappa shape index (κ3) is 4.33. The summed E-state index contributed by atoms with van der Waals surface area (Å²) in [5.41, 5.74) is 3.49. The highest BCUT2D eigenvalue weighted by atomic mass is 32.2. The van der Waals surface area contributed by atoms with Crippen LogP contribution in [-0.4, -0.2) is 14.4 Å². The second kappa shape index (κ2) is 9.17. The molecule has 36 heavy (non-hydrogen) atoms. The van der Waals surface area contributed by atoms with Gasteiger partial charge in [-0.15, -0.1) is 0 Å². The van der Waals surface area contributed by atoms with E-state index in [0.717, 1.165) is 11.1 Å². The maximum absolute atomic E-state index is 13.4. The van der Waals surface area contributed by atoms with E-state index in [0.29, 0.717) is 38.8 Å². The molecule has 0 aliphatic carbocycles. The van der Waals surface area contributed by atoms with Gasteiger partial charge in [0.05, 0.1) is 10.6 Å². The maximum atomic E-state index is 13.4. The minimum Gasteiger partial charge on any atom is -0.460 e. The molecular formula is C29H25NO5S. The molecule has 0 atom stereocenters. The Morgan fingerprint density at radius 1 is 0.861 bits per heavy atom. The van der Waals surface area contributed by atoms with Crippen LogP contribution >= 0.6 is 0 Å². The van der Waals surface area contributed by atoms with Crippen molar-refractivity contribution in [3.63, 3.8) is 0 Å². The molecule has 0 aliphatic heterocycles. The molecular weight excluding hydrogens is 474 g/mol. The van der Waals surface area contributed by atoms with Crippen LogP contribution in [0, 0.1) is 20.8 Å². The lowest BCUT2D eigenvalue weighted by atomic mass is 10.0. The molecule has 0 amide bonds. The van der Waals surface area contributed by atoms with Gasteiger partial charge in [-0.2, -0.15) is 0 Å². The van der Waals surface area contributed by atoms with Crippen LogP contribution in [0.1, 0.15) is 32.8 Å². The zero-order valence-electron chi connectivity index (χ0n) is 20.2. The molecule has 0 bridgehead atoms. The van der Waals surface area contributed by atoms with Crippen molar-refractivity contribution in [2.75, 3.05) is 4.72 Å². The topological polar surface area (TPSA) is 85.6 Å². The quantitative estimate of drug-likeness (QED) is 0.264. The van der Waals surface area contributed by atoms with E-state index in [1.165, 1.54) is 0 Å². The first-order valence-corrected chi connectivity index (χ1v) is 13.0. The summed E-state index contributed by atoms with van der Waals surface area (Å²) in [5.74, 6) is -0.128. The lowest BCUT2D eigenvalue weighted by Crippen LogP contribution is -2.15. The largest absolute Gasteiger partial charge is 0.460 e. The van der Waals surface area contributed by atoms with Gasteiger partial charge in [-0.1, -0.05) is 66.7 Å². The second-order valence-electron chi connectivity index (χ2n) is 8.82. The Morgan fingerprint density at radius 2 is 1.56 bits per heavy atom. The minimum absolute atomic E-state index is 0.117. The zero-order chi connectivity index (χ0) is 25.4. The van der Waals surface area contributed by atoms with Crippen molar-refractivity contribution in [3.05, 3.63) is 107 Å². The molecule has 5 aromatic rings. The molecule has 0 spiro atoms. The number of benzene rings is 4. The van der Waals surface area contributed by atoms with E-state index >= 15 is 0 Å². The fourth-order valence-electron chi connectivity index (χ4n) is 4.37. The number of sulfonamides is 1. The van der Waals surface area contributed by atoms with Gasteiger partial charge in [-0.05, 0) is 49.6 Å². The first-order valence-electron chi connectivity index (χ1n) is 11.5. The molecule has 182 valence electrons. The van der Waals surface area contributed by atoms with Gasteiger partial charge in [0, 0.05) is 16.2 Å². The average molecular weight is 500 g/mol. The van der Waals surface area contributed by atoms with E-state index in [9.17, 15) is 13.2 Å². The van der Waals surface area contributed by atoms with Crippen molar-refractivity contribution in [1.82, 2.24) is 0 Å². The number of furan rings is 1. The lowest BCUT2D eigenvalue weighted by Gasteiger charge is -2.14. The highest BCUT2D eigenvalue weighted by molar-refractivity contribution is 7.92. The van der Waals surface area contributed by atoms with Crippen LogP contribution in [-0.2, 0) is 21.4 Å². The zero-order valence-corrected chi connectivity index (χ0v) is 21.0. The van der Waals surface area contributed by atoms with Gasteiger partial charge in [-0.3, -0.25) is 4.72 Å². The Bertz CT molecular complexity index is 1720. The number of ether oxygens (including phenoxy) is 1. The highest BCUT2D eigenvalue weighted by Gasteiger charge is 2.25. The Hall–Kier alpha value is -4.10. The SMILES string of the molecule is Cc1ccc(C)c(S(=O)(=O)Nc2cc3c(C(=O)OCc4ccccc4)c(C)oc3c3ccccc23)c1. The molecule has 1 N–H and O–H groups in total. The fraction of sp³-hybridized carbons (Fsp3) is 0.138. The summed E-state index contributed by atoms with van der Waals surface area (Å²) >= 11 is 0. The van der Waals surface area contributed by atoms with Gasteiger partial charge in [0.1, 0.15) is 23.5 Å². The summed E-state index contributed by atoms with van der Waals surface area (Å²) in [7, 11) is -3.90. The Kier molecular flexibility index (Phi) is 6.02. The number of hydrogen-bond donors (Lipinski definition) is 1. The summed E-state index contributed by atoms with van der Waals surface area (Å²) in [6.45, 7) is 5.43. The van der Waals surface area contributed by atoms with Crippen LogP contribution in [0.15, 0.2) is 88.2 Å². The number of anilines is 1. The first kappa shape index (κ1) is 23.6. The van der Waals surface area contributed by atoms with Crippen LogP contribution < -0.4 is 4.72 Å². The molecule has 0 fully saturated rings. The van der Waals surface area contributed by atoms with Gasteiger partial charge >= 0.3 is 5.97 Å². The van der Waals surface area contributed by atoms with Gasteiger partial charge in [0.15, 0.2) is 0 Å². The maximum Gasteiger partial charge on any atom is 0.342 e. The molecule has 0 unspecified atom stereocenters. The van der Waals surface area contributed by atoms with E-state index in [2.05, 4.69) is 4.72 Å². The molecule has 0 aliphatic rings. The average Bonchev–Trinajstić information content (AvgIpc) is 3.20. The van der Waals surface area contributed by atoms with Crippen LogP contribution in [0.25, 0.3) is 21.7 Å². The normalized spacial score (nSPS) is 11.6. The van der Waals surface area contributed by atoms with E-state index in [1.807, 2.05) is 67.6 Å². The molecule has 1 aromatic heterocycles. The summed E-state index contributed by atoms with van der Waals surface area (Å²) in [5, 5.41) is 1.85. The van der Waals surface area contributed by atoms with Crippen molar-refractivity contribution in [1.29, 1.82) is 0 Å². The molecule has 0 saturated heterocycles. The number of aryl methyl sites for hydroxylation is 3. The minimum atomic E-state index is -3.90. The summed E-state index contributed by atoms with van der Waals surface area (Å²) in [6, 6.07) is 23.7. The number of fused-ring (bicyclic) bond motifs is 3.